The van der Waals surface area contributed by atoms with Crippen LogP contribution in [-0.4, -0.2) is 36.9 Å². The van der Waals surface area contributed by atoms with E-state index < -0.39 is 11.3 Å². The second kappa shape index (κ2) is 9.30. The molecule has 4 rings (SSSR count). The molecule has 0 spiro atoms. The quantitative estimate of drug-likeness (QED) is 0.543. The predicted molar refractivity (Wildman–Crippen MR) is 125 cm³/mol. The average molecular weight is 465 g/mol. The fraction of sp³-hybridized carbons (Fsp3) is 0.167. The monoisotopic (exact) mass is 464 g/mol. The van der Waals surface area contributed by atoms with E-state index in [1.54, 1.807) is 44.7 Å². The number of methoxy groups -OCH3 is 2. The van der Waals surface area contributed by atoms with E-state index >= 15 is 0 Å². The van der Waals surface area contributed by atoms with Crippen molar-refractivity contribution in [2.75, 3.05) is 14.2 Å². The van der Waals surface area contributed by atoms with Crippen molar-refractivity contribution in [2.24, 2.45) is 10.7 Å². The highest BCUT2D eigenvalue weighted by molar-refractivity contribution is 6.30. The van der Waals surface area contributed by atoms with Gasteiger partial charge in [-0.25, -0.2) is 0 Å². The lowest BCUT2D eigenvalue weighted by molar-refractivity contribution is -0.117. The van der Waals surface area contributed by atoms with Gasteiger partial charge in [0.25, 0.3) is 5.91 Å². The maximum atomic E-state index is 12.8. The van der Waals surface area contributed by atoms with Gasteiger partial charge in [-0.05, 0) is 41.5 Å². The molecule has 1 aliphatic heterocycles. The van der Waals surface area contributed by atoms with Crippen LogP contribution in [0.5, 0.6) is 11.5 Å². The molecule has 9 heteroatoms. The molecule has 1 atom stereocenters. The standard InChI is InChI=1S/C24H21ClN4O4/c1-32-17-7-15(8-18(10-17)33-2)20-9-16-11-28-23(19(16)12-27-20)29-24(31)14-5-3-4-13(6-14)21(25)22(26)30/h3-10,12,21H,11H2,1-2H3,(H2,26,30)(H,28,29,31). The summed E-state index contributed by atoms with van der Waals surface area (Å²) in [5, 5.41) is 1.80. The highest BCUT2D eigenvalue weighted by Crippen LogP contribution is 2.30. The van der Waals surface area contributed by atoms with E-state index in [9.17, 15) is 9.59 Å². The number of alkyl halides is 1. The molecule has 0 saturated carbocycles. The number of hydrogen-bond acceptors (Lipinski definition) is 6. The van der Waals surface area contributed by atoms with Gasteiger partial charge in [-0.1, -0.05) is 12.1 Å². The zero-order valence-corrected chi connectivity index (χ0v) is 18.7. The number of benzene rings is 2. The summed E-state index contributed by atoms with van der Waals surface area (Å²) in [5.41, 5.74) is 9.29. The van der Waals surface area contributed by atoms with Crippen LogP contribution in [-0.2, 0) is 11.3 Å². The van der Waals surface area contributed by atoms with Gasteiger partial charge in [0.05, 0.1) is 26.5 Å². The van der Waals surface area contributed by atoms with Crippen molar-refractivity contribution >= 4 is 29.3 Å². The van der Waals surface area contributed by atoms with Crippen molar-refractivity contribution in [3.8, 4) is 22.8 Å². The number of aromatic nitrogens is 1. The van der Waals surface area contributed by atoms with Crippen molar-refractivity contribution in [2.45, 2.75) is 11.9 Å². The molecule has 1 unspecified atom stereocenters. The Balaban J connectivity index is 1.55. The first-order valence-electron chi connectivity index (χ1n) is 10.0. The minimum Gasteiger partial charge on any atom is -0.497 e. The lowest BCUT2D eigenvalue weighted by Gasteiger charge is -2.11. The van der Waals surface area contributed by atoms with E-state index in [-0.39, 0.29) is 5.91 Å². The van der Waals surface area contributed by atoms with E-state index in [4.69, 9.17) is 26.8 Å². The molecule has 168 valence electrons. The summed E-state index contributed by atoms with van der Waals surface area (Å²) in [4.78, 5) is 33.1. The summed E-state index contributed by atoms with van der Waals surface area (Å²) in [6, 6.07) is 13.9. The molecule has 33 heavy (non-hydrogen) atoms. The molecule has 3 aromatic rings. The summed E-state index contributed by atoms with van der Waals surface area (Å²) in [7, 11) is 3.18. The molecular weight excluding hydrogens is 444 g/mol. The Morgan fingerprint density at radius 3 is 2.48 bits per heavy atom. The minimum atomic E-state index is -1.01. The van der Waals surface area contributed by atoms with Crippen LogP contribution in [0.4, 0.5) is 0 Å². The largest absolute Gasteiger partial charge is 0.497 e. The number of fused-ring (bicyclic) bond motifs is 1. The van der Waals surface area contributed by atoms with Gasteiger partial charge in [-0.2, -0.15) is 0 Å². The molecule has 0 aliphatic carbocycles. The average Bonchev–Trinajstić information content (AvgIpc) is 3.24. The van der Waals surface area contributed by atoms with Crippen molar-refractivity contribution in [3.63, 3.8) is 0 Å². The van der Waals surface area contributed by atoms with Gasteiger partial charge in [0.2, 0.25) is 5.91 Å². The van der Waals surface area contributed by atoms with Crippen LogP contribution in [0.3, 0.4) is 0 Å². The summed E-state index contributed by atoms with van der Waals surface area (Å²) in [6.45, 7) is 0.410. The molecule has 0 bridgehead atoms. The molecule has 1 aliphatic rings. The van der Waals surface area contributed by atoms with Gasteiger partial charge in [0, 0.05) is 29.0 Å². The van der Waals surface area contributed by atoms with Crippen LogP contribution in [0.15, 0.2) is 59.7 Å². The van der Waals surface area contributed by atoms with Gasteiger partial charge < -0.3 is 20.5 Å². The fourth-order valence-electron chi connectivity index (χ4n) is 3.49. The van der Waals surface area contributed by atoms with Crippen molar-refractivity contribution in [1.29, 1.82) is 0 Å². The molecule has 0 radical (unpaired) electrons. The first-order valence-corrected chi connectivity index (χ1v) is 10.4. The molecule has 2 heterocycles. The van der Waals surface area contributed by atoms with Gasteiger partial charge in [-0.15, -0.1) is 11.6 Å². The summed E-state index contributed by atoms with van der Waals surface area (Å²) in [5.74, 6) is 0.694. The Labute approximate surface area is 195 Å². The molecule has 8 nitrogen and oxygen atoms in total. The first kappa shape index (κ1) is 22.3. The third kappa shape index (κ3) is 4.65. The number of nitrogens with zero attached hydrogens (tertiary/aromatic N) is 2. The van der Waals surface area contributed by atoms with Crippen LogP contribution < -0.4 is 20.5 Å². The number of rotatable bonds is 6. The molecule has 0 saturated heterocycles. The molecular formula is C24H21ClN4O4. The minimum absolute atomic E-state index is 0.337. The summed E-state index contributed by atoms with van der Waals surface area (Å²) >= 11 is 6.00. The molecule has 0 fully saturated rings. The number of primary amides is 1. The Morgan fingerprint density at radius 1 is 1.09 bits per heavy atom. The number of amidine groups is 1. The molecule has 3 N–H and O–H groups in total. The number of carbonyl (C=O) groups is 2. The zero-order chi connectivity index (χ0) is 23.5. The number of nitrogens with one attached hydrogen (secondary N) is 1. The number of amides is 2. The highest BCUT2D eigenvalue weighted by atomic mass is 35.5. The van der Waals surface area contributed by atoms with Crippen molar-refractivity contribution < 1.29 is 19.1 Å². The smallest absolute Gasteiger partial charge is 0.256 e. The lowest BCUT2D eigenvalue weighted by Crippen LogP contribution is -2.30. The van der Waals surface area contributed by atoms with Crippen molar-refractivity contribution in [1.82, 2.24) is 10.3 Å². The zero-order valence-electron chi connectivity index (χ0n) is 18.0. The van der Waals surface area contributed by atoms with E-state index in [1.807, 2.05) is 18.2 Å². The summed E-state index contributed by atoms with van der Waals surface area (Å²) in [6.07, 6.45) is 1.68. The van der Waals surface area contributed by atoms with E-state index in [0.29, 0.717) is 35.0 Å². The van der Waals surface area contributed by atoms with Crippen LogP contribution in [0, 0.1) is 0 Å². The Kier molecular flexibility index (Phi) is 6.28. The maximum Gasteiger partial charge on any atom is 0.256 e. The number of pyridine rings is 1. The molecule has 2 amide bonds. The predicted octanol–water partition coefficient (Wildman–Crippen LogP) is 3.22. The van der Waals surface area contributed by atoms with Gasteiger partial charge in [0.15, 0.2) is 0 Å². The Morgan fingerprint density at radius 2 is 1.82 bits per heavy atom. The van der Waals surface area contributed by atoms with Gasteiger partial charge in [-0.3, -0.25) is 19.6 Å². The van der Waals surface area contributed by atoms with Crippen LogP contribution in [0.25, 0.3) is 11.3 Å². The fourth-order valence-corrected chi connectivity index (χ4v) is 3.63. The second-order valence-corrected chi connectivity index (χ2v) is 7.77. The normalized spacial score (nSPS) is 13.0. The lowest BCUT2D eigenvalue weighted by atomic mass is 10.0. The number of carbonyl (C=O) groups excluding carboxylic acids is 2. The number of halogens is 1. The number of hydrogen-bond donors (Lipinski definition) is 2. The van der Waals surface area contributed by atoms with Crippen molar-refractivity contribution in [3.05, 3.63) is 77.0 Å². The number of nitrogens with two attached hydrogens (primary N) is 1. The van der Waals surface area contributed by atoms with Crippen LogP contribution >= 0.6 is 11.6 Å². The summed E-state index contributed by atoms with van der Waals surface area (Å²) < 4.78 is 10.7. The molecule has 1 aromatic heterocycles. The van der Waals surface area contributed by atoms with E-state index in [1.165, 1.54) is 6.07 Å². The number of aliphatic imine (C=N–C) groups is 1. The SMILES string of the molecule is COc1cc(OC)cc(-c2cc3c(cn2)C(NC(=O)c2cccc(C(Cl)C(N)=O)c2)=NC3)c1. The van der Waals surface area contributed by atoms with E-state index in [2.05, 4.69) is 15.3 Å². The third-order valence-corrected chi connectivity index (χ3v) is 5.69. The van der Waals surface area contributed by atoms with E-state index in [0.717, 1.165) is 22.4 Å². The van der Waals surface area contributed by atoms with Gasteiger partial charge >= 0.3 is 0 Å². The van der Waals surface area contributed by atoms with Crippen LogP contribution in [0.1, 0.15) is 32.4 Å². The Bertz CT molecular complexity index is 1250. The highest BCUT2D eigenvalue weighted by Gasteiger charge is 2.21. The van der Waals surface area contributed by atoms with Crippen LogP contribution in [0.2, 0.25) is 0 Å². The van der Waals surface area contributed by atoms with Gasteiger partial charge in [0.1, 0.15) is 22.7 Å². The first-order chi connectivity index (χ1) is 15.9. The topological polar surface area (TPSA) is 116 Å². The number of ether oxygens (including phenoxy) is 2. The third-order valence-electron chi connectivity index (χ3n) is 5.22. The Hall–Kier alpha value is -3.91. The molecule has 2 aromatic carbocycles. The maximum absolute atomic E-state index is 12.8. The second-order valence-electron chi connectivity index (χ2n) is 7.34.